The molecule has 36 heavy (non-hydrogen) atoms. The number of hydrogen-bond acceptors (Lipinski definition) is 8. The zero-order valence-corrected chi connectivity index (χ0v) is 20.8. The Morgan fingerprint density at radius 3 is 2.44 bits per heavy atom. The molecule has 3 rings (SSSR count). The third-order valence-corrected chi connectivity index (χ3v) is 6.48. The number of benzene rings is 2. The molecule has 10 heteroatoms. The van der Waals surface area contributed by atoms with Crippen LogP contribution in [-0.4, -0.2) is 43.0 Å². The highest BCUT2D eigenvalue weighted by atomic mass is 32.2. The minimum absolute atomic E-state index is 0.0850. The predicted molar refractivity (Wildman–Crippen MR) is 134 cm³/mol. The summed E-state index contributed by atoms with van der Waals surface area (Å²) >= 11 is 0.974. The quantitative estimate of drug-likeness (QED) is 0.300. The lowest BCUT2D eigenvalue weighted by Gasteiger charge is -2.31. The fourth-order valence-electron chi connectivity index (χ4n) is 3.80. The van der Waals surface area contributed by atoms with Crippen molar-refractivity contribution in [3.05, 3.63) is 70.3 Å². The molecule has 0 unspecified atom stereocenters. The highest BCUT2D eigenvalue weighted by Crippen LogP contribution is 2.43. The van der Waals surface area contributed by atoms with Crippen molar-refractivity contribution in [1.29, 1.82) is 5.26 Å². The molecule has 0 aromatic heterocycles. The standard InChI is InChI=1S/C26H25N3O6S/c1-4-35-20-8-6-5-7-18(20)22-19(13-27)25(29-24(32)23(22)26(33)34-3)36-14-21(31)28-17-11-9-16(10-12-17)15(2)30/h5-12,22-23H,4,14H2,1-3H3,(H,28,31)(H,29,32)/t22-,23-/m1/s1. The number of carbonyl (C=O) groups excluding carboxylic acids is 4. The number of amides is 2. The number of nitriles is 1. The van der Waals surface area contributed by atoms with Gasteiger partial charge < -0.3 is 20.1 Å². The Balaban J connectivity index is 1.89. The van der Waals surface area contributed by atoms with Gasteiger partial charge >= 0.3 is 5.97 Å². The molecule has 0 bridgehead atoms. The second-order valence-corrected chi connectivity index (χ2v) is 8.75. The summed E-state index contributed by atoms with van der Waals surface area (Å²) in [5.74, 6) is -3.82. The van der Waals surface area contributed by atoms with Crippen molar-refractivity contribution in [2.75, 3.05) is 24.8 Å². The van der Waals surface area contributed by atoms with Gasteiger partial charge in [-0.1, -0.05) is 30.0 Å². The van der Waals surface area contributed by atoms with Gasteiger partial charge in [0, 0.05) is 22.7 Å². The van der Waals surface area contributed by atoms with Crippen molar-refractivity contribution >= 4 is 41.0 Å². The monoisotopic (exact) mass is 507 g/mol. The van der Waals surface area contributed by atoms with Crippen LogP contribution < -0.4 is 15.4 Å². The molecule has 2 amide bonds. The molecule has 0 spiro atoms. The SMILES string of the molecule is CCOc1ccccc1[C@@H]1C(C#N)=C(SCC(=O)Nc2ccc(C(C)=O)cc2)NC(=O)[C@@H]1C(=O)OC. The fraction of sp³-hybridized carbons (Fsp3) is 0.269. The number of esters is 1. The number of ether oxygens (including phenoxy) is 2. The zero-order chi connectivity index (χ0) is 26.2. The first-order chi connectivity index (χ1) is 17.3. The normalized spacial score (nSPS) is 17.0. The first kappa shape index (κ1) is 26.5. The van der Waals surface area contributed by atoms with Crippen LogP contribution in [0.4, 0.5) is 5.69 Å². The molecule has 186 valence electrons. The van der Waals surface area contributed by atoms with Crippen molar-refractivity contribution in [1.82, 2.24) is 5.32 Å². The molecule has 1 aliphatic rings. The number of hydrogen-bond donors (Lipinski definition) is 2. The minimum atomic E-state index is -1.30. The number of Topliss-reactive ketones (excluding diaryl/α,β-unsaturated/α-hetero) is 1. The van der Waals surface area contributed by atoms with Gasteiger partial charge in [-0.15, -0.1) is 0 Å². The fourth-order valence-corrected chi connectivity index (χ4v) is 4.65. The number of para-hydroxylation sites is 1. The van der Waals surface area contributed by atoms with E-state index in [1.165, 1.54) is 14.0 Å². The molecule has 0 fully saturated rings. The third-order valence-electron chi connectivity index (χ3n) is 5.46. The third kappa shape index (κ3) is 5.93. The molecule has 0 saturated carbocycles. The number of carbonyl (C=O) groups is 4. The van der Waals surface area contributed by atoms with Crippen LogP contribution in [0.1, 0.15) is 35.7 Å². The summed E-state index contributed by atoms with van der Waals surface area (Å²) in [6, 6.07) is 15.4. The molecule has 2 N–H and O–H groups in total. The van der Waals surface area contributed by atoms with Crippen LogP contribution >= 0.6 is 11.8 Å². The largest absolute Gasteiger partial charge is 0.494 e. The van der Waals surface area contributed by atoms with E-state index < -0.39 is 23.7 Å². The van der Waals surface area contributed by atoms with Crippen molar-refractivity contribution < 1.29 is 28.7 Å². The van der Waals surface area contributed by atoms with Crippen LogP contribution in [0.2, 0.25) is 0 Å². The second-order valence-electron chi connectivity index (χ2n) is 7.76. The van der Waals surface area contributed by atoms with Gasteiger partial charge in [0.15, 0.2) is 5.78 Å². The lowest BCUT2D eigenvalue weighted by Crippen LogP contribution is -2.44. The van der Waals surface area contributed by atoms with E-state index in [0.29, 0.717) is 29.2 Å². The average molecular weight is 508 g/mol. The van der Waals surface area contributed by atoms with Gasteiger partial charge in [0.1, 0.15) is 11.7 Å². The van der Waals surface area contributed by atoms with Gasteiger partial charge in [0.2, 0.25) is 11.8 Å². The molecule has 0 saturated heterocycles. The maximum Gasteiger partial charge on any atom is 0.319 e. The van der Waals surface area contributed by atoms with E-state index in [0.717, 1.165) is 11.8 Å². The number of thioether (sulfide) groups is 1. The van der Waals surface area contributed by atoms with E-state index in [1.807, 2.05) is 0 Å². The summed E-state index contributed by atoms with van der Waals surface area (Å²) in [7, 11) is 1.18. The summed E-state index contributed by atoms with van der Waals surface area (Å²) in [5, 5.41) is 15.5. The first-order valence-corrected chi connectivity index (χ1v) is 12.1. The number of ketones is 1. The summed E-state index contributed by atoms with van der Waals surface area (Å²) in [6.45, 7) is 3.60. The van der Waals surface area contributed by atoms with Crippen LogP contribution in [-0.2, 0) is 19.1 Å². The maximum atomic E-state index is 13.0. The number of anilines is 1. The molecule has 0 radical (unpaired) electrons. The van der Waals surface area contributed by atoms with E-state index in [1.54, 1.807) is 55.5 Å². The van der Waals surface area contributed by atoms with Gasteiger partial charge in [-0.25, -0.2) is 0 Å². The molecule has 9 nitrogen and oxygen atoms in total. The molecule has 1 aliphatic heterocycles. The molecule has 2 aromatic rings. The number of allylic oxidation sites excluding steroid dienone is 1. The Bertz CT molecular complexity index is 1250. The van der Waals surface area contributed by atoms with Crippen LogP contribution in [0.5, 0.6) is 5.75 Å². The molecule has 1 heterocycles. The Hall–Kier alpha value is -4.10. The van der Waals surface area contributed by atoms with Crippen molar-refractivity contribution in [3.8, 4) is 11.8 Å². The van der Waals surface area contributed by atoms with E-state index in [4.69, 9.17) is 9.47 Å². The number of methoxy groups -OCH3 is 1. The molecule has 0 aliphatic carbocycles. The number of nitrogens with zero attached hydrogens (tertiary/aromatic N) is 1. The predicted octanol–water partition coefficient (Wildman–Crippen LogP) is 3.40. The van der Waals surface area contributed by atoms with E-state index in [-0.39, 0.29) is 28.0 Å². The molecule has 2 aromatic carbocycles. The highest BCUT2D eigenvalue weighted by Gasteiger charge is 2.45. The van der Waals surface area contributed by atoms with Crippen LogP contribution in [0, 0.1) is 17.2 Å². The smallest absolute Gasteiger partial charge is 0.319 e. The molecule has 2 atom stereocenters. The van der Waals surface area contributed by atoms with Gasteiger partial charge in [-0.3, -0.25) is 19.2 Å². The Labute approximate surface area is 212 Å². The summed E-state index contributed by atoms with van der Waals surface area (Å²) in [6.07, 6.45) is 0. The summed E-state index contributed by atoms with van der Waals surface area (Å²) < 4.78 is 10.6. The van der Waals surface area contributed by atoms with Gasteiger partial charge in [-0.2, -0.15) is 5.26 Å². The van der Waals surface area contributed by atoms with Crippen LogP contribution in [0.15, 0.2) is 59.1 Å². The van der Waals surface area contributed by atoms with Crippen molar-refractivity contribution in [2.24, 2.45) is 5.92 Å². The number of rotatable bonds is 9. The Kier molecular flexibility index (Phi) is 8.86. The van der Waals surface area contributed by atoms with Crippen LogP contribution in [0.25, 0.3) is 0 Å². The first-order valence-electron chi connectivity index (χ1n) is 11.1. The Morgan fingerprint density at radius 1 is 1.14 bits per heavy atom. The van der Waals surface area contributed by atoms with Gasteiger partial charge in [0.05, 0.1) is 36.1 Å². The topological polar surface area (TPSA) is 135 Å². The van der Waals surface area contributed by atoms with E-state index >= 15 is 0 Å². The maximum absolute atomic E-state index is 13.0. The second kappa shape index (κ2) is 12.0. The van der Waals surface area contributed by atoms with Gasteiger partial charge in [-0.05, 0) is 44.2 Å². The average Bonchev–Trinajstić information content (AvgIpc) is 2.87. The molecular formula is C26H25N3O6S. The van der Waals surface area contributed by atoms with Gasteiger partial charge in [0.25, 0.3) is 0 Å². The Morgan fingerprint density at radius 2 is 1.83 bits per heavy atom. The zero-order valence-electron chi connectivity index (χ0n) is 20.0. The summed E-state index contributed by atoms with van der Waals surface area (Å²) in [4.78, 5) is 49.6. The summed E-state index contributed by atoms with van der Waals surface area (Å²) in [5.41, 5.74) is 1.65. The lowest BCUT2D eigenvalue weighted by molar-refractivity contribution is -0.150. The van der Waals surface area contributed by atoms with Crippen molar-refractivity contribution in [3.63, 3.8) is 0 Å². The molecular weight excluding hydrogens is 482 g/mol. The number of nitrogens with one attached hydrogen (secondary N) is 2. The lowest BCUT2D eigenvalue weighted by atomic mass is 9.78. The van der Waals surface area contributed by atoms with Crippen molar-refractivity contribution in [2.45, 2.75) is 19.8 Å². The van der Waals surface area contributed by atoms with E-state index in [2.05, 4.69) is 16.7 Å². The van der Waals surface area contributed by atoms with Crippen LogP contribution in [0.3, 0.4) is 0 Å². The highest BCUT2D eigenvalue weighted by molar-refractivity contribution is 8.03. The minimum Gasteiger partial charge on any atom is -0.494 e. The van der Waals surface area contributed by atoms with E-state index in [9.17, 15) is 24.4 Å².